The van der Waals surface area contributed by atoms with E-state index in [9.17, 15) is 0 Å². The molecule has 0 aromatic rings. The van der Waals surface area contributed by atoms with Crippen LogP contribution in [0.4, 0.5) is 0 Å². The summed E-state index contributed by atoms with van der Waals surface area (Å²) in [6.45, 7) is 11.5. The van der Waals surface area contributed by atoms with Crippen LogP contribution in [0.3, 0.4) is 0 Å². The first-order valence-corrected chi connectivity index (χ1v) is 11.2. The number of hydrogen-bond donors (Lipinski definition) is 1. The van der Waals surface area contributed by atoms with Gasteiger partial charge in [0.25, 0.3) is 0 Å². The summed E-state index contributed by atoms with van der Waals surface area (Å²) >= 11 is 0. The van der Waals surface area contributed by atoms with Crippen LogP contribution in [0.1, 0.15) is 58.3 Å². The van der Waals surface area contributed by atoms with E-state index >= 15 is 0 Å². The van der Waals surface area contributed by atoms with Crippen LogP contribution in [0.2, 0.25) is 0 Å². The van der Waals surface area contributed by atoms with Crippen molar-refractivity contribution >= 4 is 0 Å². The highest BCUT2D eigenvalue weighted by Gasteiger charge is 2.37. The van der Waals surface area contributed by atoms with Crippen molar-refractivity contribution < 1.29 is 0 Å². The molecule has 0 aromatic carbocycles. The van der Waals surface area contributed by atoms with Gasteiger partial charge in [-0.25, -0.2) is 0 Å². The van der Waals surface area contributed by atoms with E-state index in [0.29, 0.717) is 10.8 Å². The van der Waals surface area contributed by atoms with Gasteiger partial charge in [0.2, 0.25) is 0 Å². The molecule has 4 heteroatoms. The van der Waals surface area contributed by atoms with Crippen LogP contribution in [0, 0.1) is 10.8 Å². The topological polar surface area (TPSA) is 21.8 Å². The normalized spacial score (nSPS) is 33.0. The van der Waals surface area contributed by atoms with Gasteiger partial charge in [0.15, 0.2) is 0 Å². The molecule has 4 aliphatic heterocycles. The van der Waals surface area contributed by atoms with Gasteiger partial charge in [0, 0.05) is 19.1 Å². The fourth-order valence-corrected chi connectivity index (χ4v) is 5.58. The lowest BCUT2D eigenvalue weighted by atomic mass is 9.72. The van der Waals surface area contributed by atoms with E-state index in [1.54, 1.807) is 0 Å². The minimum Gasteiger partial charge on any atom is -0.314 e. The lowest BCUT2D eigenvalue weighted by molar-refractivity contribution is 0.0425. The maximum absolute atomic E-state index is 3.64. The van der Waals surface area contributed by atoms with Crippen molar-refractivity contribution in [3.05, 3.63) is 0 Å². The van der Waals surface area contributed by atoms with Gasteiger partial charge < -0.3 is 20.0 Å². The summed E-state index contributed by atoms with van der Waals surface area (Å²) in [6.07, 6.45) is 11.4. The number of hydrogen-bond acceptors (Lipinski definition) is 4. The summed E-state index contributed by atoms with van der Waals surface area (Å²) in [5.41, 5.74) is 1.36. The van der Waals surface area contributed by atoms with Crippen molar-refractivity contribution in [1.29, 1.82) is 0 Å². The quantitative estimate of drug-likeness (QED) is 0.713. The number of piperidine rings is 4. The Morgan fingerprint density at radius 3 is 1.77 bits per heavy atom. The molecule has 0 aliphatic carbocycles. The van der Waals surface area contributed by atoms with Crippen LogP contribution >= 0.6 is 0 Å². The summed E-state index contributed by atoms with van der Waals surface area (Å²) in [4.78, 5) is 7.46. The molecule has 0 aromatic heterocycles. The summed E-state index contributed by atoms with van der Waals surface area (Å²) in [5.74, 6) is 0. The Bertz CT molecular complexity index is 390. The van der Waals surface area contributed by atoms with E-state index in [0.717, 1.165) is 6.04 Å². The van der Waals surface area contributed by atoms with Crippen LogP contribution < -0.4 is 5.32 Å². The highest BCUT2D eigenvalue weighted by molar-refractivity contribution is 4.92. The van der Waals surface area contributed by atoms with E-state index < -0.39 is 0 Å². The van der Waals surface area contributed by atoms with E-state index in [4.69, 9.17) is 0 Å². The Labute approximate surface area is 162 Å². The number of nitrogens with zero attached hydrogens (tertiary/aromatic N) is 3. The number of nitrogens with one attached hydrogen (secondary N) is 1. The van der Waals surface area contributed by atoms with E-state index in [2.05, 4.69) is 48.1 Å². The molecule has 4 nitrogen and oxygen atoms in total. The first kappa shape index (κ1) is 20.6. The van der Waals surface area contributed by atoms with Crippen molar-refractivity contribution in [2.45, 2.75) is 64.3 Å². The largest absolute Gasteiger partial charge is 0.314 e. The van der Waals surface area contributed by atoms with Crippen LogP contribution in [-0.4, -0.2) is 87.7 Å². The molecule has 1 unspecified atom stereocenters. The Morgan fingerprint density at radius 2 is 1.27 bits per heavy atom. The molecule has 4 aliphatic rings. The molecule has 1 N–H and O–H groups in total. The van der Waals surface area contributed by atoms with Crippen LogP contribution in [0.15, 0.2) is 0 Å². The standard InChI is InChI=1S/2C11H22N2/c1-10-3-4-11(9-12-10)5-7-13(2)8-6-11;1-12-8-5-11(6-9-12)4-3-7-13(2)10-11/h10,12H,3-9H2,1-2H3;3-10H2,1-2H3. The predicted molar refractivity (Wildman–Crippen MR) is 112 cm³/mol. The molecule has 0 amide bonds. The van der Waals surface area contributed by atoms with Crippen LogP contribution in [0.5, 0.6) is 0 Å². The lowest BCUT2D eigenvalue weighted by Crippen LogP contribution is -2.49. The summed E-state index contributed by atoms with van der Waals surface area (Å²) in [6, 6.07) is 0.755. The van der Waals surface area contributed by atoms with Crippen molar-refractivity contribution in [1.82, 2.24) is 20.0 Å². The highest BCUT2D eigenvalue weighted by Crippen LogP contribution is 2.39. The Morgan fingerprint density at radius 1 is 0.692 bits per heavy atom. The van der Waals surface area contributed by atoms with Gasteiger partial charge in [-0.15, -0.1) is 0 Å². The SMILES string of the molecule is CC1CCC2(CCN(C)CC2)CN1.CN1CCC2(CCCN(C)C2)CC1. The van der Waals surface area contributed by atoms with Crippen molar-refractivity contribution in [2.24, 2.45) is 10.8 Å². The van der Waals surface area contributed by atoms with Gasteiger partial charge in [0.1, 0.15) is 0 Å². The molecule has 0 radical (unpaired) electrons. The van der Waals surface area contributed by atoms with Gasteiger partial charge in [0.05, 0.1) is 0 Å². The van der Waals surface area contributed by atoms with E-state index in [-0.39, 0.29) is 0 Å². The zero-order valence-electron chi connectivity index (χ0n) is 18.0. The molecular weight excluding hydrogens is 320 g/mol. The molecule has 4 saturated heterocycles. The highest BCUT2D eigenvalue weighted by atomic mass is 15.1. The molecule has 2 spiro atoms. The Hall–Kier alpha value is -0.160. The molecule has 0 saturated carbocycles. The predicted octanol–water partition coefficient (Wildman–Crippen LogP) is 2.89. The Balaban J connectivity index is 0.000000151. The second kappa shape index (κ2) is 8.89. The first-order chi connectivity index (χ1) is 12.4. The third-order valence-electron chi connectivity index (χ3n) is 7.88. The Kier molecular flexibility index (Phi) is 7.04. The zero-order chi connectivity index (χ0) is 18.6. The maximum Gasteiger partial charge on any atom is 0.00391 e. The van der Waals surface area contributed by atoms with Gasteiger partial charge in [-0.1, -0.05) is 0 Å². The molecule has 4 heterocycles. The van der Waals surface area contributed by atoms with Crippen molar-refractivity contribution in [2.75, 3.05) is 67.0 Å². The smallest absolute Gasteiger partial charge is 0.00391 e. The number of rotatable bonds is 0. The molecule has 0 bridgehead atoms. The van der Waals surface area contributed by atoms with E-state index in [1.807, 2.05) is 0 Å². The number of likely N-dealkylation sites (tertiary alicyclic amines) is 3. The fourth-order valence-electron chi connectivity index (χ4n) is 5.58. The second-order valence-corrected chi connectivity index (χ2v) is 10.3. The molecule has 1 atom stereocenters. The van der Waals surface area contributed by atoms with Crippen LogP contribution in [0.25, 0.3) is 0 Å². The molecule has 152 valence electrons. The summed E-state index contributed by atoms with van der Waals surface area (Å²) in [5, 5.41) is 3.64. The van der Waals surface area contributed by atoms with Gasteiger partial charge in [-0.3, -0.25) is 0 Å². The second-order valence-electron chi connectivity index (χ2n) is 10.3. The molecule has 4 fully saturated rings. The van der Waals surface area contributed by atoms with Gasteiger partial charge in [-0.2, -0.15) is 0 Å². The summed E-state index contributed by atoms with van der Waals surface area (Å²) < 4.78 is 0. The van der Waals surface area contributed by atoms with E-state index in [1.165, 1.54) is 97.2 Å². The zero-order valence-corrected chi connectivity index (χ0v) is 18.0. The van der Waals surface area contributed by atoms with Gasteiger partial charge >= 0.3 is 0 Å². The first-order valence-electron chi connectivity index (χ1n) is 11.2. The molecule has 26 heavy (non-hydrogen) atoms. The van der Waals surface area contributed by atoms with Crippen LogP contribution in [-0.2, 0) is 0 Å². The average Bonchev–Trinajstić information content (AvgIpc) is 2.64. The molecular formula is C22H44N4. The lowest BCUT2D eigenvalue weighted by Gasteiger charge is -2.46. The minimum atomic E-state index is 0.666. The van der Waals surface area contributed by atoms with Crippen molar-refractivity contribution in [3.8, 4) is 0 Å². The fraction of sp³-hybridized carbons (Fsp3) is 1.00. The maximum atomic E-state index is 3.64. The van der Waals surface area contributed by atoms with Crippen molar-refractivity contribution in [3.63, 3.8) is 0 Å². The monoisotopic (exact) mass is 364 g/mol. The summed E-state index contributed by atoms with van der Waals surface area (Å²) in [7, 11) is 6.77. The minimum absolute atomic E-state index is 0.666. The third-order valence-corrected chi connectivity index (χ3v) is 7.88. The molecule has 4 rings (SSSR count). The third kappa shape index (κ3) is 5.43. The van der Waals surface area contributed by atoms with Gasteiger partial charge in [-0.05, 0) is 123 Å². The average molecular weight is 365 g/mol.